The summed E-state index contributed by atoms with van der Waals surface area (Å²) in [6, 6.07) is 6.00. The van der Waals surface area contributed by atoms with Crippen molar-refractivity contribution in [3.8, 4) is 0 Å². The van der Waals surface area contributed by atoms with E-state index in [1.54, 1.807) is 11.3 Å². The van der Waals surface area contributed by atoms with Crippen LogP contribution in [0.1, 0.15) is 50.2 Å². The van der Waals surface area contributed by atoms with Gasteiger partial charge in [0.2, 0.25) is 11.0 Å². The van der Waals surface area contributed by atoms with Crippen LogP contribution in [-0.2, 0) is 11.2 Å². The van der Waals surface area contributed by atoms with Gasteiger partial charge in [-0.2, -0.15) is 0 Å². The summed E-state index contributed by atoms with van der Waals surface area (Å²) in [5, 5.41) is 13.3. The Bertz CT molecular complexity index is 730. The molecule has 1 saturated heterocycles. The Balaban J connectivity index is 1.71. The number of hydrogen-bond acceptors (Lipinski definition) is 6. The zero-order valence-corrected chi connectivity index (χ0v) is 15.8. The van der Waals surface area contributed by atoms with Crippen molar-refractivity contribution in [1.82, 2.24) is 20.1 Å². The van der Waals surface area contributed by atoms with Gasteiger partial charge in [0.25, 0.3) is 0 Å². The highest BCUT2D eigenvalue weighted by Gasteiger charge is 2.26. The third kappa shape index (κ3) is 4.34. The Morgan fingerprint density at radius 3 is 2.96 bits per heavy atom. The van der Waals surface area contributed by atoms with Crippen LogP contribution in [0, 0.1) is 5.92 Å². The first-order valence-corrected chi connectivity index (χ1v) is 9.73. The van der Waals surface area contributed by atoms with E-state index in [4.69, 9.17) is 4.98 Å². The number of pyridine rings is 1. The molecule has 0 bridgehead atoms. The van der Waals surface area contributed by atoms with E-state index in [0.29, 0.717) is 5.92 Å². The molecule has 7 heteroatoms. The number of aryl methyl sites for hydroxylation is 1. The van der Waals surface area contributed by atoms with Crippen molar-refractivity contribution < 1.29 is 4.79 Å². The summed E-state index contributed by atoms with van der Waals surface area (Å²) in [4.78, 5) is 19.0. The summed E-state index contributed by atoms with van der Waals surface area (Å²) in [7, 11) is 0. The first-order valence-electron chi connectivity index (χ1n) is 8.92. The van der Waals surface area contributed by atoms with E-state index in [1.165, 1.54) is 0 Å². The molecule has 0 spiro atoms. The minimum atomic E-state index is 0.0462. The van der Waals surface area contributed by atoms with Gasteiger partial charge in [0.15, 0.2) is 0 Å². The average Bonchev–Trinajstić information content (AvgIpc) is 3.09. The number of hydrogen-bond donors (Lipinski definition) is 1. The van der Waals surface area contributed by atoms with E-state index in [1.807, 2.05) is 30.9 Å². The van der Waals surface area contributed by atoms with Crippen molar-refractivity contribution in [2.75, 3.05) is 18.4 Å². The van der Waals surface area contributed by atoms with Crippen LogP contribution in [0.2, 0.25) is 0 Å². The summed E-state index contributed by atoms with van der Waals surface area (Å²) >= 11 is 1.55. The highest BCUT2D eigenvalue weighted by Crippen LogP contribution is 2.28. The summed E-state index contributed by atoms with van der Waals surface area (Å²) in [5.74, 6) is 1.35. The second-order valence-corrected chi connectivity index (χ2v) is 7.77. The number of anilines is 2. The predicted molar refractivity (Wildman–Crippen MR) is 100 cm³/mol. The average molecular weight is 359 g/mol. The molecule has 0 unspecified atom stereocenters. The molecule has 1 N–H and O–H groups in total. The van der Waals surface area contributed by atoms with Crippen molar-refractivity contribution in [3.63, 3.8) is 0 Å². The summed E-state index contributed by atoms with van der Waals surface area (Å²) in [5.41, 5.74) is 1.03. The van der Waals surface area contributed by atoms with Crippen molar-refractivity contribution in [2.24, 2.45) is 5.92 Å². The first-order chi connectivity index (χ1) is 12.1. The van der Waals surface area contributed by atoms with Gasteiger partial charge in [0.05, 0.1) is 0 Å². The summed E-state index contributed by atoms with van der Waals surface area (Å²) in [6.45, 7) is 7.60. The predicted octanol–water partition coefficient (Wildman–Crippen LogP) is 3.60. The number of nitrogens with one attached hydrogen (secondary N) is 1. The maximum Gasteiger partial charge on any atom is 0.225 e. The maximum absolute atomic E-state index is 12.3. The van der Waals surface area contributed by atoms with Gasteiger partial charge < -0.3 is 10.2 Å². The number of piperidine rings is 1. The Morgan fingerprint density at radius 2 is 2.24 bits per heavy atom. The highest BCUT2D eigenvalue weighted by molar-refractivity contribution is 7.15. The number of aromatic nitrogens is 3. The topological polar surface area (TPSA) is 71.0 Å². The monoisotopic (exact) mass is 359 g/mol. The molecule has 1 aliphatic rings. The lowest BCUT2D eigenvalue weighted by Gasteiger charge is -2.33. The van der Waals surface area contributed by atoms with Gasteiger partial charge in [-0.15, -0.1) is 10.2 Å². The van der Waals surface area contributed by atoms with Gasteiger partial charge in [0, 0.05) is 30.6 Å². The SMILES string of the molecule is CCc1nnc(Nc2cccc([C@H]3CCCN(C(=O)C(C)C)C3)n2)s1. The number of likely N-dealkylation sites (tertiary alicyclic amines) is 1. The number of carbonyl (C=O) groups is 1. The van der Waals surface area contributed by atoms with E-state index >= 15 is 0 Å². The normalized spacial score (nSPS) is 17.8. The molecule has 3 rings (SSSR count). The molecular weight excluding hydrogens is 334 g/mol. The van der Waals surface area contributed by atoms with Crippen LogP contribution < -0.4 is 5.32 Å². The fourth-order valence-corrected chi connectivity index (χ4v) is 3.78. The molecule has 0 radical (unpaired) electrons. The highest BCUT2D eigenvalue weighted by atomic mass is 32.1. The lowest BCUT2D eigenvalue weighted by molar-refractivity contribution is -0.135. The van der Waals surface area contributed by atoms with Crippen LogP contribution in [0.3, 0.4) is 0 Å². The molecule has 1 fully saturated rings. The zero-order valence-electron chi connectivity index (χ0n) is 15.0. The fourth-order valence-electron chi connectivity index (χ4n) is 3.09. The number of rotatable bonds is 5. The van der Waals surface area contributed by atoms with Crippen LogP contribution in [0.25, 0.3) is 0 Å². The third-order valence-electron chi connectivity index (χ3n) is 4.42. The van der Waals surface area contributed by atoms with Crippen LogP contribution in [0.5, 0.6) is 0 Å². The Morgan fingerprint density at radius 1 is 1.40 bits per heavy atom. The molecule has 0 saturated carbocycles. The molecule has 1 aliphatic heterocycles. The number of nitrogens with zero attached hydrogens (tertiary/aromatic N) is 4. The molecule has 134 valence electrons. The van der Waals surface area contributed by atoms with Crippen molar-refractivity contribution >= 4 is 28.2 Å². The third-order valence-corrected chi connectivity index (χ3v) is 5.40. The lowest BCUT2D eigenvalue weighted by Crippen LogP contribution is -2.41. The van der Waals surface area contributed by atoms with Gasteiger partial charge in [-0.05, 0) is 31.4 Å². The largest absolute Gasteiger partial charge is 0.342 e. The molecule has 25 heavy (non-hydrogen) atoms. The number of carbonyl (C=O) groups excluding carboxylic acids is 1. The van der Waals surface area contributed by atoms with E-state index in [2.05, 4.69) is 28.5 Å². The van der Waals surface area contributed by atoms with Crippen LogP contribution in [-0.4, -0.2) is 39.1 Å². The maximum atomic E-state index is 12.3. The first kappa shape index (κ1) is 17.8. The van der Waals surface area contributed by atoms with E-state index in [0.717, 1.165) is 54.0 Å². The van der Waals surface area contributed by atoms with Gasteiger partial charge in [-0.25, -0.2) is 4.98 Å². The molecule has 2 aromatic rings. The van der Waals surface area contributed by atoms with E-state index in [9.17, 15) is 4.79 Å². The van der Waals surface area contributed by atoms with Crippen molar-refractivity contribution in [2.45, 2.75) is 46.0 Å². The summed E-state index contributed by atoms with van der Waals surface area (Å²) < 4.78 is 0. The number of amides is 1. The van der Waals surface area contributed by atoms with Gasteiger partial charge in [0.1, 0.15) is 10.8 Å². The van der Waals surface area contributed by atoms with Crippen LogP contribution in [0.15, 0.2) is 18.2 Å². The molecule has 1 atom stereocenters. The molecule has 3 heterocycles. The van der Waals surface area contributed by atoms with Gasteiger partial charge >= 0.3 is 0 Å². The second kappa shape index (κ2) is 7.91. The molecule has 0 aromatic carbocycles. The fraction of sp³-hybridized carbons (Fsp3) is 0.556. The quantitative estimate of drug-likeness (QED) is 0.883. The van der Waals surface area contributed by atoms with E-state index in [-0.39, 0.29) is 11.8 Å². The molecule has 0 aliphatic carbocycles. The van der Waals surface area contributed by atoms with Gasteiger partial charge in [-0.3, -0.25) is 4.79 Å². The van der Waals surface area contributed by atoms with Crippen LogP contribution in [0.4, 0.5) is 10.9 Å². The Hall–Kier alpha value is -2.02. The lowest BCUT2D eigenvalue weighted by atomic mass is 9.93. The van der Waals surface area contributed by atoms with Gasteiger partial charge in [-0.1, -0.05) is 38.2 Å². The molecule has 1 amide bonds. The van der Waals surface area contributed by atoms with E-state index < -0.39 is 0 Å². The van der Waals surface area contributed by atoms with Crippen LogP contribution >= 0.6 is 11.3 Å². The zero-order chi connectivity index (χ0) is 17.8. The van der Waals surface area contributed by atoms with Crippen molar-refractivity contribution in [1.29, 1.82) is 0 Å². The summed E-state index contributed by atoms with van der Waals surface area (Å²) in [6.07, 6.45) is 2.98. The minimum Gasteiger partial charge on any atom is -0.342 e. The minimum absolute atomic E-state index is 0.0462. The molecule has 2 aromatic heterocycles. The molecule has 6 nitrogen and oxygen atoms in total. The second-order valence-electron chi connectivity index (χ2n) is 6.71. The smallest absolute Gasteiger partial charge is 0.225 e. The molecular formula is C18H25N5OS. The Kier molecular flexibility index (Phi) is 5.63. The van der Waals surface area contributed by atoms with Crippen molar-refractivity contribution in [3.05, 3.63) is 28.9 Å². The standard InChI is InChI=1S/C18H25N5OS/c1-4-16-21-22-18(25-16)20-15-9-5-8-14(19-15)13-7-6-10-23(11-13)17(24)12(2)3/h5,8-9,12-13H,4,6-7,10-11H2,1-3H3,(H,19,20,22)/t13-/m0/s1. The Labute approximate surface area is 152 Å².